The number of fused-ring (bicyclic) bond motifs is 1. The molecular formula is C12H17N3O. The van der Waals surface area contributed by atoms with Crippen LogP contribution in [0.25, 0.3) is 0 Å². The van der Waals surface area contributed by atoms with Gasteiger partial charge in [0.25, 0.3) is 0 Å². The van der Waals surface area contributed by atoms with Crippen molar-refractivity contribution in [1.82, 2.24) is 0 Å². The van der Waals surface area contributed by atoms with Crippen molar-refractivity contribution in [1.29, 1.82) is 0 Å². The molecule has 3 N–H and O–H groups in total. The number of hydrogen-bond acceptors (Lipinski definition) is 3. The number of benzene rings is 1. The third-order valence-electron chi connectivity index (χ3n) is 2.29. The van der Waals surface area contributed by atoms with E-state index in [1.54, 1.807) is 0 Å². The molecular weight excluding hydrogens is 202 g/mol. The minimum Gasteiger partial charge on any atom is -0.484 e. The highest BCUT2D eigenvalue weighted by Crippen LogP contribution is 2.29. The van der Waals surface area contributed by atoms with Crippen molar-refractivity contribution in [3.05, 3.63) is 18.2 Å². The second kappa shape index (κ2) is 4.43. The molecule has 0 atom stereocenters. The molecule has 1 aliphatic rings. The fourth-order valence-electron chi connectivity index (χ4n) is 1.49. The molecule has 0 amide bonds. The van der Waals surface area contributed by atoms with Gasteiger partial charge in [0, 0.05) is 12.2 Å². The normalized spacial score (nSPS) is 16.8. The van der Waals surface area contributed by atoms with E-state index < -0.39 is 0 Å². The summed E-state index contributed by atoms with van der Waals surface area (Å²) in [6.45, 7) is 5.59. The van der Waals surface area contributed by atoms with Gasteiger partial charge in [-0.1, -0.05) is 13.8 Å². The van der Waals surface area contributed by atoms with Gasteiger partial charge in [0.15, 0.2) is 0 Å². The largest absolute Gasteiger partial charge is 0.484 e. The van der Waals surface area contributed by atoms with Crippen molar-refractivity contribution >= 4 is 17.2 Å². The molecule has 0 aromatic heterocycles. The second-order valence-corrected chi connectivity index (χ2v) is 4.35. The molecule has 0 fully saturated rings. The van der Waals surface area contributed by atoms with Crippen molar-refractivity contribution in [2.45, 2.75) is 13.8 Å². The van der Waals surface area contributed by atoms with E-state index in [9.17, 15) is 0 Å². The molecule has 0 radical (unpaired) electrons. The minimum absolute atomic E-state index is 0.504. The van der Waals surface area contributed by atoms with E-state index in [1.807, 2.05) is 18.2 Å². The Hall–Kier alpha value is -1.71. The monoisotopic (exact) mass is 219 g/mol. The second-order valence-electron chi connectivity index (χ2n) is 4.35. The number of nitrogens with two attached hydrogens (primary N) is 1. The Bertz CT molecular complexity index is 413. The van der Waals surface area contributed by atoms with Crippen LogP contribution in [0.5, 0.6) is 5.75 Å². The zero-order chi connectivity index (χ0) is 11.5. The number of amidine groups is 1. The maximum atomic E-state index is 5.71. The SMILES string of the molecule is CC(C)CN=C1COc2ccc(N)cc2N1. The van der Waals surface area contributed by atoms with Crippen LogP contribution in [-0.2, 0) is 0 Å². The maximum absolute atomic E-state index is 5.71. The highest BCUT2D eigenvalue weighted by molar-refractivity contribution is 5.99. The average Bonchev–Trinajstić information content (AvgIpc) is 2.25. The Morgan fingerprint density at radius 3 is 3.06 bits per heavy atom. The van der Waals surface area contributed by atoms with E-state index >= 15 is 0 Å². The first-order valence-electron chi connectivity index (χ1n) is 5.48. The summed E-state index contributed by atoms with van der Waals surface area (Å²) in [5.41, 5.74) is 7.33. The van der Waals surface area contributed by atoms with Crippen LogP contribution >= 0.6 is 0 Å². The first kappa shape index (κ1) is 10.8. The Balaban J connectivity index is 2.13. The van der Waals surface area contributed by atoms with Crippen molar-refractivity contribution in [2.75, 3.05) is 24.2 Å². The molecule has 4 heteroatoms. The summed E-state index contributed by atoms with van der Waals surface area (Å²) < 4.78 is 5.57. The van der Waals surface area contributed by atoms with Gasteiger partial charge in [-0.15, -0.1) is 0 Å². The fourth-order valence-corrected chi connectivity index (χ4v) is 1.49. The van der Waals surface area contributed by atoms with Gasteiger partial charge < -0.3 is 15.8 Å². The maximum Gasteiger partial charge on any atom is 0.145 e. The molecule has 0 saturated carbocycles. The molecule has 2 rings (SSSR count). The molecule has 0 bridgehead atoms. The standard InChI is InChI=1S/C12H17N3O/c1-8(2)6-14-12-7-16-11-4-3-9(13)5-10(11)15-12/h3-5,8H,6-7,13H2,1-2H3,(H,14,15). The number of nitrogen functional groups attached to an aromatic ring is 1. The molecule has 16 heavy (non-hydrogen) atoms. The van der Waals surface area contributed by atoms with Gasteiger partial charge in [-0.3, -0.25) is 4.99 Å². The number of aliphatic imine (C=N–C) groups is 1. The van der Waals surface area contributed by atoms with Crippen LogP contribution in [0.15, 0.2) is 23.2 Å². The molecule has 86 valence electrons. The summed E-state index contributed by atoms with van der Waals surface area (Å²) in [5.74, 6) is 2.25. The van der Waals surface area contributed by atoms with Crippen LogP contribution in [0.4, 0.5) is 11.4 Å². The van der Waals surface area contributed by atoms with Crippen molar-refractivity contribution in [3.63, 3.8) is 0 Å². The summed E-state index contributed by atoms with van der Waals surface area (Å²) >= 11 is 0. The van der Waals surface area contributed by atoms with E-state index in [4.69, 9.17) is 10.5 Å². The lowest BCUT2D eigenvalue weighted by Gasteiger charge is -2.21. The van der Waals surface area contributed by atoms with Gasteiger partial charge in [0.2, 0.25) is 0 Å². The quantitative estimate of drug-likeness (QED) is 0.749. The number of rotatable bonds is 2. The first-order valence-corrected chi connectivity index (χ1v) is 5.48. The van der Waals surface area contributed by atoms with Gasteiger partial charge in [0.1, 0.15) is 18.2 Å². The fraction of sp³-hybridized carbons (Fsp3) is 0.417. The van der Waals surface area contributed by atoms with E-state index in [-0.39, 0.29) is 0 Å². The van der Waals surface area contributed by atoms with Crippen molar-refractivity contribution in [2.24, 2.45) is 10.9 Å². The van der Waals surface area contributed by atoms with Crippen molar-refractivity contribution in [3.8, 4) is 5.75 Å². The first-order chi connectivity index (χ1) is 7.65. The van der Waals surface area contributed by atoms with E-state index in [1.165, 1.54) is 0 Å². The van der Waals surface area contributed by atoms with Crippen LogP contribution in [0.2, 0.25) is 0 Å². The topological polar surface area (TPSA) is 59.6 Å². The molecule has 4 nitrogen and oxygen atoms in total. The number of hydrogen-bond donors (Lipinski definition) is 2. The lowest BCUT2D eigenvalue weighted by molar-refractivity contribution is 0.371. The Kier molecular flexibility index (Phi) is 2.99. The number of nitrogens with zero attached hydrogens (tertiary/aromatic N) is 1. The van der Waals surface area contributed by atoms with Gasteiger partial charge in [-0.2, -0.15) is 0 Å². The zero-order valence-corrected chi connectivity index (χ0v) is 9.66. The highest BCUT2D eigenvalue weighted by Gasteiger charge is 2.14. The minimum atomic E-state index is 0.504. The van der Waals surface area contributed by atoms with Crippen LogP contribution in [0, 0.1) is 5.92 Å². The zero-order valence-electron chi connectivity index (χ0n) is 9.66. The molecule has 0 aliphatic carbocycles. The number of ether oxygens (including phenoxy) is 1. The smallest absolute Gasteiger partial charge is 0.145 e. The highest BCUT2D eigenvalue weighted by atomic mass is 16.5. The van der Waals surface area contributed by atoms with Gasteiger partial charge in [-0.05, 0) is 24.1 Å². The molecule has 1 heterocycles. The molecule has 1 aromatic rings. The van der Waals surface area contributed by atoms with Gasteiger partial charge in [0.05, 0.1) is 5.69 Å². The van der Waals surface area contributed by atoms with E-state index in [0.29, 0.717) is 12.5 Å². The molecule has 1 aromatic carbocycles. The Morgan fingerprint density at radius 2 is 2.31 bits per heavy atom. The van der Waals surface area contributed by atoms with Crippen LogP contribution in [0.1, 0.15) is 13.8 Å². The van der Waals surface area contributed by atoms with Gasteiger partial charge in [-0.25, -0.2) is 0 Å². The Morgan fingerprint density at radius 1 is 1.50 bits per heavy atom. The molecule has 1 aliphatic heterocycles. The number of anilines is 2. The average molecular weight is 219 g/mol. The van der Waals surface area contributed by atoms with Crippen molar-refractivity contribution < 1.29 is 4.74 Å². The lowest BCUT2D eigenvalue weighted by Crippen LogP contribution is -2.26. The lowest BCUT2D eigenvalue weighted by atomic mass is 10.2. The molecule has 0 spiro atoms. The van der Waals surface area contributed by atoms with E-state index in [0.717, 1.165) is 29.5 Å². The summed E-state index contributed by atoms with van der Waals surface area (Å²) in [7, 11) is 0. The summed E-state index contributed by atoms with van der Waals surface area (Å²) in [5, 5.41) is 3.24. The third kappa shape index (κ3) is 2.45. The predicted octanol–water partition coefficient (Wildman–Crippen LogP) is 2.13. The van der Waals surface area contributed by atoms with Crippen LogP contribution in [0.3, 0.4) is 0 Å². The Labute approximate surface area is 95.5 Å². The molecule has 0 unspecified atom stereocenters. The summed E-state index contributed by atoms with van der Waals surface area (Å²) in [6.07, 6.45) is 0. The molecule has 0 saturated heterocycles. The van der Waals surface area contributed by atoms with Crippen LogP contribution in [-0.4, -0.2) is 19.0 Å². The third-order valence-corrected chi connectivity index (χ3v) is 2.29. The predicted molar refractivity (Wildman–Crippen MR) is 67.1 cm³/mol. The number of nitrogens with one attached hydrogen (secondary N) is 1. The van der Waals surface area contributed by atoms with Crippen LogP contribution < -0.4 is 15.8 Å². The summed E-state index contributed by atoms with van der Waals surface area (Å²) in [4.78, 5) is 4.45. The summed E-state index contributed by atoms with van der Waals surface area (Å²) in [6, 6.07) is 5.56. The van der Waals surface area contributed by atoms with Gasteiger partial charge >= 0.3 is 0 Å². The van der Waals surface area contributed by atoms with E-state index in [2.05, 4.69) is 24.2 Å².